The Kier molecular flexibility index (Phi) is 2.99. The van der Waals surface area contributed by atoms with Crippen LogP contribution in [0, 0.1) is 16.7 Å². The van der Waals surface area contributed by atoms with Crippen LogP contribution in [0.2, 0.25) is 0 Å². The van der Waals surface area contributed by atoms with Crippen molar-refractivity contribution in [3.63, 3.8) is 0 Å². The first-order valence-electron chi connectivity index (χ1n) is 6.86. The summed E-state index contributed by atoms with van der Waals surface area (Å²) in [6.45, 7) is 1.70. The van der Waals surface area contributed by atoms with Gasteiger partial charge in [0.05, 0.1) is 18.6 Å². The second-order valence-electron chi connectivity index (χ2n) is 5.89. The second-order valence-corrected chi connectivity index (χ2v) is 5.89. The molecular weight excluding hydrogens is 238 g/mol. The van der Waals surface area contributed by atoms with Crippen molar-refractivity contribution < 1.29 is 9.47 Å². The molecule has 1 saturated heterocycles. The third-order valence-corrected chi connectivity index (χ3v) is 4.76. The van der Waals surface area contributed by atoms with Gasteiger partial charge in [0.2, 0.25) is 0 Å². The van der Waals surface area contributed by atoms with Crippen molar-refractivity contribution in [3.05, 3.63) is 29.8 Å². The van der Waals surface area contributed by atoms with Gasteiger partial charge in [0.25, 0.3) is 0 Å². The standard InChI is InChI=1S/C16H19NO2/c1-18-14-4-2-13(3-5-14)16(12-17)10-15(11-16)6-8-19-9-7-15/h2-5H,6-11H2,1H3. The van der Waals surface area contributed by atoms with E-state index in [-0.39, 0.29) is 5.41 Å². The van der Waals surface area contributed by atoms with E-state index in [9.17, 15) is 5.26 Å². The van der Waals surface area contributed by atoms with Crippen molar-refractivity contribution >= 4 is 0 Å². The van der Waals surface area contributed by atoms with Gasteiger partial charge < -0.3 is 9.47 Å². The Morgan fingerprint density at radius 1 is 1.16 bits per heavy atom. The van der Waals surface area contributed by atoms with Gasteiger partial charge in [-0.15, -0.1) is 0 Å². The topological polar surface area (TPSA) is 42.2 Å². The normalized spacial score (nSPS) is 23.4. The Labute approximate surface area is 114 Å². The minimum absolute atomic E-state index is 0.288. The summed E-state index contributed by atoms with van der Waals surface area (Å²) in [5.41, 5.74) is 1.20. The molecule has 2 fully saturated rings. The number of nitriles is 1. The largest absolute Gasteiger partial charge is 0.497 e. The van der Waals surface area contributed by atoms with Gasteiger partial charge in [0.15, 0.2) is 0 Å². The van der Waals surface area contributed by atoms with E-state index >= 15 is 0 Å². The molecule has 3 heteroatoms. The molecule has 1 aromatic rings. The first-order chi connectivity index (χ1) is 9.22. The molecule has 1 aromatic carbocycles. The average molecular weight is 257 g/mol. The lowest BCUT2D eigenvalue weighted by Gasteiger charge is -2.55. The highest BCUT2D eigenvalue weighted by atomic mass is 16.5. The molecule has 19 heavy (non-hydrogen) atoms. The van der Waals surface area contributed by atoms with Crippen LogP contribution in [0.1, 0.15) is 31.2 Å². The predicted octanol–water partition coefficient (Wildman–Crippen LogP) is 3.05. The third kappa shape index (κ3) is 2.01. The summed E-state index contributed by atoms with van der Waals surface area (Å²) in [6.07, 6.45) is 4.16. The van der Waals surface area contributed by atoms with E-state index in [0.717, 1.165) is 50.2 Å². The van der Waals surface area contributed by atoms with Gasteiger partial charge in [-0.05, 0) is 48.8 Å². The van der Waals surface area contributed by atoms with Crippen molar-refractivity contribution in [1.82, 2.24) is 0 Å². The summed E-state index contributed by atoms with van der Waals surface area (Å²) in [5.74, 6) is 0.844. The number of ether oxygens (including phenoxy) is 2. The Bertz CT molecular complexity index is 486. The molecule has 2 aliphatic rings. The zero-order chi connectivity index (χ0) is 13.3. The van der Waals surface area contributed by atoms with E-state index in [2.05, 4.69) is 6.07 Å². The molecule has 100 valence electrons. The molecule has 0 unspecified atom stereocenters. The molecule has 0 amide bonds. The molecule has 1 aliphatic heterocycles. The van der Waals surface area contributed by atoms with Crippen molar-refractivity contribution in [2.75, 3.05) is 20.3 Å². The maximum absolute atomic E-state index is 9.62. The van der Waals surface area contributed by atoms with Gasteiger partial charge in [-0.1, -0.05) is 12.1 Å². The molecule has 0 N–H and O–H groups in total. The smallest absolute Gasteiger partial charge is 0.118 e. The van der Waals surface area contributed by atoms with Crippen LogP contribution in [0.25, 0.3) is 0 Å². The predicted molar refractivity (Wildman–Crippen MR) is 72.0 cm³/mol. The summed E-state index contributed by atoms with van der Waals surface area (Å²) in [5, 5.41) is 9.62. The molecular formula is C16H19NO2. The minimum atomic E-state index is -0.288. The van der Waals surface area contributed by atoms with Gasteiger partial charge >= 0.3 is 0 Å². The molecule has 1 heterocycles. The number of benzene rings is 1. The van der Waals surface area contributed by atoms with E-state index in [1.54, 1.807) is 7.11 Å². The summed E-state index contributed by atoms with van der Waals surface area (Å²) >= 11 is 0. The van der Waals surface area contributed by atoms with Crippen molar-refractivity contribution in [3.8, 4) is 11.8 Å². The van der Waals surface area contributed by atoms with Crippen LogP contribution >= 0.6 is 0 Å². The molecule has 0 aromatic heterocycles. The van der Waals surface area contributed by atoms with Crippen molar-refractivity contribution in [2.24, 2.45) is 5.41 Å². The van der Waals surface area contributed by atoms with Crippen LogP contribution in [0.5, 0.6) is 5.75 Å². The van der Waals surface area contributed by atoms with E-state index in [0.29, 0.717) is 5.41 Å². The summed E-state index contributed by atoms with van der Waals surface area (Å²) in [4.78, 5) is 0. The molecule has 1 saturated carbocycles. The number of hydrogen-bond acceptors (Lipinski definition) is 3. The van der Waals surface area contributed by atoms with E-state index in [4.69, 9.17) is 9.47 Å². The summed E-state index contributed by atoms with van der Waals surface area (Å²) in [6, 6.07) is 10.5. The molecule has 3 rings (SSSR count). The molecule has 0 bridgehead atoms. The lowest BCUT2D eigenvalue weighted by atomic mass is 9.48. The quantitative estimate of drug-likeness (QED) is 0.817. The lowest BCUT2D eigenvalue weighted by Crippen LogP contribution is -2.51. The van der Waals surface area contributed by atoms with Crippen LogP contribution in [-0.2, 0) is 10.2 Å². The average Bonchev–Trinajstić information content (AvgIpc) is 2.45. The van der Waals surface area contributed by atoms with Crippen LogP contribution in [0.15, 0.2) is 24.3 Å². The molecule has 1 aliphatic carbocycles. The summed E-state index contributed by atoms with van der Waals surface area (Å²) in [7, 11) is 1.66. The molecule has 0 radical (unpaired) electrons. The van der Waals surface area contributed by atoms with Gasteiger partial charge in [-0.25, -0.2) is 0 Å². The molecule has 0 atom stereocenters. The number of rotatable bonds is 2. The highest BCUT2D eigenvalue weighted by Gasteiger charge is 2.55. The van der Waals surface area contributed by atoms with Gasteiger partial charge in [0, 0.05) is 13.2 Å². The van der Waals surface area contributed by atoms with Crippen LogP contribution in [0.4, 0.5) is 0 Å². The fourth-order valence-electron chi connectivity index (χ4n) is 3.64. The SMILES string of the molecule is COc1ccc(C2(C#N)CC3(CCOCC3)C2)cc1. The number of nitrogens with zero attached hydrogens (tertiary/aromatic N) is 1. The monoisotopic (exact) mass is 257 g/mol. The van der Waals surface area contributed by atoms with Crippen LogP contribution in [-0.4, -0.2) is 20.3 Å². The minimum Gasteiger partial charge on any atom is -0.497 e. The summed E-state index contributed by atoms with van der Waals surface area (Å²) < 4.78 is 10.6. The number of hydrogen-bond donors (Lipinski definition) is 0. The fraction of sp³-hybridized carbons (Fsp3) is 0.562. The maximum atomic E-state index is 9.62. The highest BCUT2D eigenvalue weighted by Crippen LogP contribution is 2.60. The van der Waals surface area contributed by atoms with E-state index in [1.165, 1.54) is 0 Å². The molecule has 3 nitrogen and oxygen atoms in total. The Hall–Kier alpha value is -1.53. The molecule has 1 spiro atoms. The zero-order valence-electron chi connectivity index (χ0n) is 11.3. The fourth-order valence-corrected chi connectivity index (χ4v) is 3.64. The van der Waals surface area contributed by atoms with Gasteiger partial charge in [0.1, 0.15) is 5.75 Å². The van der Waals surface area contributed by atoms with E-state index in [1.807, 2.05) is 24.3 Å². The number of methoxy groups -OCH3 is 1. The van der Waals surface area contributed by atoms with E-state index < -0.39 is 0 Å². The maximum Gasteiger partial charge on any atom is 0.118 e. The second kappa shape index (κ2) is 4.54. The van der Waals surface area contributed by atoms with Gasteiger partial charge in [-0.3, -0.25) is 0 Å². The van der Waals surface area contributed by atoms with Gasteiger partial charge in [-0.2, -0.15) is 5.26 Å². The van der Waals surface area contributed by atoms with Crippen molar-refractivity contribution in [2.45, 2.75) is 31.1 Å². The lowest BCUT2D eigenvalue weighted by molar-refractivity contribution is -0.0578. The van der Waals surface area contributed by atoms with Crippen LogP contribution < -0.4 is 4.74 Å². The van der Waals surface area contributed by atoms with Crippen molar-refractivity contribution in [1.29, 1.82) is 5.26 Å². The first-order valence-corrected chi connectivity index (χ1v) is 6.86. The first kappa shape index (κ1) is 12.5. The van der Waals surface area contributed by atoms with Crippen LogP contribution in [0.3, 0.4) is 0 Å². The Morgan fingerprint density at radius 3 is 2.32 bits per heavy atom. The Balaban J connectivity index is 1.80. The Morgan fingerprint density at radius 2 is 1.79 bits per heavy atom. The zero-order valence-corrected chi connectivity index (χ0v) is 11.3. The highest BCUT2D eigenvalue weighted by molar-refractivity contribution is 5.40. The third-order valence-electron chi connectivity index (χ3n) is 4.76.